The first-order valence-electron chi connectivity index (χ1n) is 8.59. The van der Waals surface area contributed by atoms with Crippen LogP contribution in [-0.2, 0) is 4.79 Å². The number of halogens is 1. The van der Waals surface area contributed by atoms with E-state index in [1.165, 1.54) is 24.2 Å². The summed E-state index contributed by atoms with van der Waals surface area (Å²) in [4.78, 5) is 29.6. The summed E-state index contributed by atoms with van der Waals surface area (Å²) in [5.74, 6) is 0.213. The van der Waals surface area contributed by atoms with Crippen LogP contribution in [0.4, 0.5) is 11.5 Å². The summed E-state index contributed by atoms with van der Waals surface area (Å²) in [6.07, 6.45) is 3.56. The lowest BCUT2D eigenvalue weighted by Gasteiger charge is -2.15. The molecule has 144 valence electrons. The number of rotatable bonds is 7. The van der Waals surface area contributed by atoms with Crippen molar-refractivity contribution in [2.45, 2.75) is 23.5 Å². The molecular formula is C20H18ClN3O3S. The summed E-state index contributed by atoms with van der Waals surface area (Å²) >= 11 is 7.23. The molecule has 0 aliphatic carbocycles. The molecule has 0 radical (unpaired) electrons. The number of amides is 2. The molecule has 2 aromatic heterocycles. The SMILES string of the molecule is CCC(Sc1cccc(NC(=O)c2ccco2)c1)C(=O)Nc1ccc(Cl)cn1. The number of pyridine rings is 1. The van der Waals surface area contributed by atoms with Crippen molar-refractivity contribution in [3.63, 3.8) is 0 Å². The van der Waals surface area contributed by atoms with E-state index in [0.29, 0.717) is 22.9 Å². The molecule has 1 aromatic carbocycles. The fraction of sp³-hybridized carbons (Fsp3) is 0.150. The molecule has 0 aliphatic heterocycles. The molecule has 2 N–H and O–H groups in total. The van der Waals surface area contributed by atoms with Crippen LogP contribution < -0.4 is 10.6 Å². The molecule has 0 fully saturated rings. The molecule has 28 heavy (non-hydrogen) atoms. The third-order valence-corrected chi connectivity index (χ3v) is 5.34. The van der Waals surface area contributed by atoms with E-state index in [1.807, 2.05) is 25.1 Å². The number of nitrogens with zero attached hydrogens (tertiary/aromatic N) is 1. The molecule has 6 nitrogen and oxygen atoms in total. The van der Waals surface area contributed by atoms with E-state index in [9.17, 15) is 9.59 Å². The van der Waals surface area contributed by atoms with Gasteiger partial charge < -0.3 is 15.1 Å². The van der Waals surface area contributed by atoms with Crippen LogP contribution in [0.25, 0.3) is 0 Å². The third-order valence-electron chi connectivity index (χ3n) is 3.76. The predicted octanol–water partition coefficient (Wildman–Crippen LogP) is 5.09. The number of hydrogen-bond donors (Lipinski definition) is 2. The highest BCUT2D eigenvalue weighted by Gasteiger charge is 2.19. The zero-order valence-electron chi connectivity index (χ0n) is 15.0. The largest absolute Gasteiger partial charge is 0.459 e. The van der Waals surface area contributed by atoms with Crippen molar-refractivity contribution in [1.29, 1.82) is 0 Å². The minimum atomic E-state index is -0.328. The molecule has 1 unspecified atom stereocenters. The Labute approximate surface area is 171 Å². The maximum Gasteiger partial charge on any atom is 0.291 e. The van der Waals surface area contributed by atoms with Crippen LogP contribution in [0.1, 0.15) is 23.9 Å². The van der Waals surface area contributed by atoms with Gasteiger partial charge in [-0.05, 0) is 48.9 Å². The normalized spacial score (nSPS) is 11.6. The second-order valence-electron chi connectivity index (χ2n) is 5.82. The molecule has 0 aliphatic rings. The van der Waals surface area contributed by atoms with Gasteiger partial charge in [-0.2, -0.15) is 0 Å². The van der Waals surface area contributed by atoms with Crippen LogP contribution in [0.3, 0.4) is 0 Å². The standard InChI is InChI=1S/C20H18ClN3O3S/c1-2-17(20(26)24-18-9-8-13(21)12-22-18)28-15-6-3-5-14(11-15)23-19(25)16-7-4-10-27-16/h3-12,17H,2H2,1H3,(H,23,25)(H,22,24,26). The zero-order valence-corrected chi connectivity index (χ0v) is 16.6. The Hall–Kier alpha value is -2.77. The number of aromatic nitrogens is 1. The first-order valence-corrected chi connectivity index (χ1v) is 9.85. The van der Waals surface area contributed by atoms with Crippen LogP contribution >= 0.6 is 23.4 Å². The van der Waals surface area contributed by atoms with E-state index in [1.54, 1.807) is 30.3 Å². The Morgan fingerprint density at radius 3 is 2.71 bits per heavy atom. The van der Waals surface area contributed by atoms with Gasteiger partial charge in [0, 0.05) is 16.8 Å². The van der Waals surface area contributed by atoms with Gasteiger partial charge in [0.25, 0.3) is 5.91 Å². The summed E-state index contributed by atoms with van der Waals surface area (Å²) in [5, 5.41) is 5.77. The number of thioether (sulfide) groups is 1. The van der Waals surface area contributed by atoms with E-state index in [2.05, 4.69) is 15.6 Å². The number of furan rings is 1. The monoisotopic (exact) mass is 415 g/mol. The van der Waals surface area contributed by atoms with E-state index < -0.39 is 0 Å². The number of nitrogens with one attached hydrogen (secondary N) is 2. The van der Waals surface area contributed by atoms with Crippen LogP contribution in [0.2, 0.25) is 5.02 Å². The van der Waals surface area contributed by atoms with Crippen molar-refractivity contribution in [3.8, 4) is 0 Å². The molecule has 1 atom stereocenters. The Morgan fingerprint density at radius 2 is 2.04 bits per heavy atom. The summed E-state index contributed by atoms with van der Waals surface area (Å²) in [7, 11) is 0. The van der Waals surface area contributed by atoms with Crippen LogP contribution in [0.5, 0.6) is 0 Å². The number of carbonyl (C=O) groups excluding carboxylic acids is 2. The Bertz CT molecular complexity index is 946. The predicted molar refractivity (Wildman–Crippen MR) is 111 cm³/mol. The average Bonchev–Trinajstić information content (AvgIpc) is 3.23. The number of hydrogen-bond acceptors (Lipinski definition) is 5. The van der Waals surface area contributed by atoms with Crippen molar-refractivity contribution in [2.24, 2.45) is 0 Å². The van der Waals surface area contributed by atoms with Crippen molar-refractivity contribution in [3.05, 3.63) is 71.8 Å². The molecule has 2 amide bonds. The first kappa shape index (κ1) is 20.0. The summed E-state index contributed by atoms with van der Waals surface area (Å²) in [6.45, 7) is 1.94. The van der Waals surface area contributed by atoms with Gasteiger partial charge >= 0.3 is 0 Å². The molecule has 0 saturated carbocycles. The molecular weight excluding hydrogens is 398 g/mol. The van der Waals surface area contributed by atoms with Crippen molar-refractivity contribution >= 4 is 46.7 Å². The maximum atomic E-state index is 12.6. The van der Waals surface area contributed by atoms with Gasteiger partial charge in [-0.15, -0.1) is 11.8 Å². The first-order chi connectivity index (χ1) is 13.5. The lowest BCUT2D eigenvalue weighted by atomic mass is 10.3. The Balaban J connectivity index is 1.64. The molecule has 0 saturated heterocycles. The van der Waals surface area contributed by atoms with Gasteiger partial charge in [0.15, 0.2) is 5.76 Å². The van der Waals surface area contributed by atoms with E-state index in [4.69, 9.17) is 16.0 Å². The van der Waals surface area contributed by atoms with Crippen LogP contribution in [0.15, 0.2) is 70.3 Å². The minimum Gasteiger partial charge on any atom is -0.459 e. The van der Waals surface area contributed by atoms with Crippen molar-refractivity contribution in [2.75, 3.05) is 10.6 Å². The second kappa shape index (κ2) is 9.43. The molecule has 2 heterocycles. The highest BCUT2D eigenvalue weighted by molar-refractivity contribution is 8.00. The zero-order chi connectivity index (χ0) is 19.9. The fourth-order valence-electron chi connectivity index (χ4n) is 2.39. The van der Waals surface area contributed by atoms with Gasteiger partial charge in [-0.3, -0.25) is 9.59 Å². The Kier molecular flexibility index (Phi) is 6.73. The topological polar surface area (TPSA) is 84.2 Å². The third kappa shape index (κ3) is 5.37. The molecule has 3 aromatic rings. The summed E-state index contributed by atoms with van der Waals surface area (Å²) in [5.41, 5.74) is 0.626. The smallest absolute Gasteiger partial charge is 0.291 e. The van der Waals surface area contributed by atoms with Gasteiger partial charge in [-0.25, -0.2) is 4.98 Å². The van der Waals surface area contributed by atoms with Crippen molar-refractivity contribution in [1.82, 2.24) is 4.98 Å². The van der Waals surface area contributed by atoms with Gasteiger partial charge in [-0.1, -0.05) is 24.6 Å². The molecule has 0 spiro atoms. The summed E-state index contributed by atoms with van der Waals surface area (Å²) < 4.78 is 5.09. The van der Waals surface area contributed by atoms with E-state index in [0.717, 1.165) is 4.90 Å². The van der Waals surface area contributed by atoms with Gasteiger partial charge in [0.1, 0.15) is 5.82 Å². The lowest BCUT2D eigenvalue weighted by molar-refractivity contribution is -0.115. The minimum absolute atomic E-state index is 0.146. The van der Waals surface area contributed by atoms with E-state index in [-0.39, 0.29) is 22.8 Å². The maximum absolute atomic E-state index is 12.6. The lowest BCUT2D eigenvalue weighted by Crippen LogP contribution is -2.25. The van der Waals surface area contributed by atoms with Crippen molar-refractivity contribution < 1.29 is 14.0 Å². The average molecular weight is 416 g/mol. The summed E-state index contributed by atoms with van der Waals surface area (Å²) in [6, 6.07) is 13.9. The molecule has 3 rings (SSSR count). The Morgan fingerprint density at radius 1 is 1.18 bits per heavy atom. The number of benzene rings is 1. The van der Waals surface area contributed by atoms with Gasteiger partial charge in [0.2, 0.25) is 5.91 Å². The quantitative estimate of drug-likeness (QED) is 0.525. The highest BCUT2D eigenvalue weighted by atomic mass is 35.5. The van der Waals surface area contributed by atoms with Crippen LogP contribution in [0, 0.1) is 0 Å². The fourth-order valence-corrected chi connectivity index (χ4v) is 3.52. The highest BCUT2D eigenvalue weighted by Crippen LogP contribution is 2.28. The second-order valence-corrected chi connectivity index (χ2v) is 7.54. The number of anilines is 2. The molecule has 0 bridgehead atoms. The number of carbonyl (C=O) groups is 2. The molecule has 8 heteroatoms. The van der Waals surface area contributed by atoms with Gasteiger partial charge in [0.05, 0.1) is 16.5 Å². The van der Waals surface area contributed by atoms with Crippen LogP contribution in [-0.4, -0.2) is 22.0 Å². The van der Waals surface area contributed by atoms with E-state index >= 15 is 0 Å².